The third kappa shape index (κ3) is 5.25. The Kier molecular flexibility index (Phi) is 7.22. The van der Waals surface area contributed by atoms with Crippen LogP contribution in [0.4, 0.5) is 4.79 Å². The van der Waals surface area contributed by atoms with Crippen LogP contribution in [0.5, 0.6) is 11.5 Å². The topological polar surface area (TPSA) is 107 Å². The first-order chi connectivity index (χ1) is 15.8. The van der Waals surface area contributed by atoms with E-state index in [0.717, 1.165) is 10.5 Å². The molecule has 0 saturated carbocycles. The van der Waals surface area contributed by atoms with Crippen LogP contribution >= 0.6 is 0 Å². The van der Waals surface area contributed by atoms with E-state index < -0.39 is 17.9 Å². The summed E-state index contributed by atoms with van der Waals surface area (Å²) in [5.41, 5.74) is 1.59. The van der Waals surface area contributed by atoms with Crippen molar-refractivity contribution in [3.8, 4) is 11.5 Å². The van der Waals surface area contributed by atoms with Crippen LogP contribution in [0.25, 0.3) is 6.08 Å². The molecule has 0 spiro atoms. The lowest BCUT2D eigenvalue weighted by atomic mass is 10.0. The van der Waals surface area contributed by atoms with Crippen LogP contribution in [0.3, 0.4) is 0 Å². The summed E-state index contributed by atoms with van der Waals surface area (Å²) in [6.07, 6.45) is 3.78. The van der Waals surface area contributed by atoms with E-state index in [1.807, 2.05) is 19.9 Å². The number of ether oxygens (including phenoxy) is 3. The fourth-order valence-electron chi connectivity index (χ4n) is 3.31. The highest BCUT2D eigenvalue weighted by molar-refractivity contribution is 6.13. The fourth-order valence-corrected chi connectivity index (χ4v) is 3.31. The first kappa shape index (κ1) is 23.6. The number of nitrogens with one attached hydrogen (secondary N) is 1. The van der Waals surface area contributed by atoms with Gasteiger partial charge in [0.25, 0.3) is 5.91 Å². The van der Waals surface area contributed by atoms with Crippen molar-refractivity contribution in [2.45, 2.75) is 32.9 Å². The predicted molar refractivity (Wildman–Crippen MR) is 120 cm³/mol. The fraction of sp³-hybridized carbons (Fsp3) is 0.292. The molecule has 2 heterocycles. The molecule has 1 fully saturated rings. The highest BCUT2D eigenvalue weighted by Gasteiger charge is 2.34. The largest absolute Gasteiger partial charge is 0.493 e. The van der Waals surface area contributed by atoms with Gasteiger partial charge in [-0.25, -0.2) is 9.59 Å². The molecule has 33 heavy (non-hydrogen) atoms. The van der Waals surface area contributed by atoms with Gasteiger partial charge in [0, 0.05) is 5.56 Å². The molecule has 1 aliphatic heterocycles. The average molecular weight is 454 g/mol. The van der Waals surface area contributed by atoms with Gasteiger partial charge in [0.2, 0.25) is 5.76 Å². The third-order valence-electron chi connectivity index (χ3n) is 4.73. The second-order valence-corrected chi connectivity index (χ2v) is 7.51. The molecular weight excluding hydrogens is 428 g/mol. The summed E-state index contributed by atoms with van der Waals surface area (Å²) >= 11 is 0. The van der Waals surface area contributed by atoms with E-state index in [0.29, 0.717) is 23.5 Å². The molecule has 1 aromatic carbocycles. The zero-order valence-electron chi connectivity index (χ0n) is 19.0. The molecule has 1 N–H and O–H groups in total. The number of rotatable bonds is 9. The summed E-state index contributed by atoms with van der Waals surface area (Å²) < 4.78 is 21.4. The molecule has 1 aromatic heterocycles. The van der Waals surface area contributed by atoms with E-state index in [4.69, 9.17) is 13.9 Å². The number of imide groups is 1. The minimum Gasteiger partial charge on any atom is -0.493 e. The zero-order chi connectivity index (χ0) is 24.1. The Labute approximate surface area is 191 Å². The van der Waals surface area contributed by atoms with Gasteiger partial charge in [0.05, 0.1) is 26.9 Å². The van der Waals surface area contributed by atoms with Crippen LogP contribution in [-0.4, -0.2) is 43.1 Å². The highest BCUT2D eigenvalue weighted by Crippen LogP contribution is 2.35. The van der Waals surface area contributed by atoms with Gasteiger partial charge in [-0.2, -0.15) is 0 Å². The van der Waals surface area contributed by atoms with Crippen molar-refractivity contribution < 1.29 is 33.0 Å². The number of furan rings is 1. The van der Waals surface area contributed by atoms with Crippen molar-refractivity contribution in [1.82, 2.24) is 10.2 Å². The van der Waals surface area contributed by atoms with Gasteiger partial charge in [-0.1, -0.05) is 6.08 Å². The first-order valence-corrected chi connectivity index (χ1v) is 10.3. The second kappa shape index (κ2) is 10.1. The Balaban J connectivity index is 1.87. The molecule has 1 saturated heterocycles. The Bertz CT molecular complexity index is 1110. The maximum Gasteiger partial charge on any atom is 0.373 e. The summed E-state index contributed by atoms with van der Waals surface area (Å²) in [5.74, 6) is 0.203. The normalized spacial score (nSPS) is 14.6. The van der Waals surface area contributed by atoms with Crippen molar-refractivity contribution in [3.05, 3.63) is 65.3 Å². The standard InChI is InChI=1S/C24H26N2O7/c1-6-7-16-10-15(12-20(30-4)21(16)32-14(2)3)11-18-22(27)26(24(29)25-18)13-17-8-9-19(33-17)23(28)31-5/h6,8-12,14H,1,7,13H2,2-5H3,(H,25,29)/b18-11-. The maximum atomic E-state index is 12.9. The summed E-state index contributed by atoms with van der Waals surface area (Å²) in [7, 11) is 2.77. The van der Waals surface area contributed by atoms with E-state index in [1.165, 1.54) is 26.4 Å². The Morgan fingerprint density at radius 3 is 2.64 bits per heavy atom. The lowest BCUT2D eigenvalue weighted by Gasteiger charge is -2.18. The summed E-state index contributed by atoms with van der Waals surface area (Å²) in [4.78, 5) is 37.8. The van der Waals surface area contributed by atoms with Crippen LogP contribution in [-0.2, 0) is 22.5 Å². The summed E-state index contributed by atoms with van der Waals surface area (Å²) in [6.45, 7) is 7.49. The number of amides is 3. The minimum atomic E-state index is -0.645. The van der Waals surface area contributed by atoms with E-state index in [1.54, 1.807) is 18.2 Å². The lowest BCUT2D eigenvalue weighted by Crippen LogP contribution is -2.30. The van der Waals surface area contributed by atoms with Crippen molar-refractivity contribution >= 4 is 24.0 Å². The Morgan fingerprint density at radius 2 is 2.00 bits per heavy atom. The molecule has 0 bridgehead atoms. The van der Waals surface area contributed by atoms with Crippen molar-refractivity contribution in [2.24, 2.45) is 0 Å². The molecule has 2 aromatic rings. The van der Waals surface area contributed by atoms with Gasteiger partial charge in [0.15, 0.2) is 11.5 Å². The molecule has 9 nitrogen and oxygen atoms in total. The number of benzene rings is 1. The number of hydrogen-bond donors (Lipinski definition) is 1. The second-order valence-electron chi connectivity index (χ2n) is 7.51. The quantitative estimate of drug-likeness (QED) is 0.267. The lowest BCUT2D eigenvalue weighted by molar-refractivity contribution is -0.123. The molecule has 0 unspecified atom stereocenters. The predicted octanol–water partition coefficient (Wildman–Crippen LogP) is 3.68. The van der Waals surface area contributed by atoms with E-state index in [-0.39, 0.29) is 29.9 Å². The summed E-state index contributed by atoms with van der Waals surface area (Å²) in [5, 5.41) is 2.57. The number of esters is 1. The van der Waals surface area contributed by atoms with Gasteiger partial charge in [-0.15, -0.1) is 6.58 Å². The Morgan fingerprint density at radius 1 is 1.24 bits per heavy atom. The molecule has 0 atom stereocenters. The molecule has 174 valence electrons. The van der Waals surface area contributed by atoms with E-state index in [9.17, 15) is 14.4 Å². The smallest absolute Gasteiger partial charge is 0.373 e. The Hall–Kier alpha value is -4.01. The number of nitrogens with zero attached hydrogens (tertiary/aromatic N) is 1. The third-order valence-corrected chi connectivity index (χ3v) is 4.73. The SMILES string of the molecule is C=CCc1cc(/C=C2\NC(=O)N(Cc3ccc(C(=O)OC)o3)C2=O)cc(OC)c1OC(C)C. The van der Waals surface area contributed by atoms with Crippen LogP contribution < -0.4 is 14.8 Å². The highest BCUT2D eigenvalue weighted by atomic mass is 16.5. The number of urea groups is 1. The van der Waals surface area contributed by atoms with Crippen molar-refractivity contribution in [1.29, 1.82) is 0 Å². The monoisotopic (exact) mass is 454 g/mol. The van der Waals surface area contributed by atoms with Crippen LogP contribution in [0.2, 0.25) is 0 Å². The van der Waals surface area contributed by atoms with Crippen LogP contribution in [0.15, 0.2) is 47.0 Å². The molecule has 3 amide bonds. The van der Waals surface area contributed by atoms with Gasteiger partial charge in [-0.05, 0) is 56.2 Å². The molecule has 0 aliphatic carbocycles. The van der Waals surface area contributed by atoms with Gasteiger partial charge in [-0.3, -0.25) is 9.69 Å². The van der Waals surface area contributed by atoms with Crippen LogP contribution in [0.1, 0.15) is 41.3 Å². The average Bonchev–Trinajstić information content (AvgIpc) is 3.35. The zero-order valence-corrected chi connectivity index (χ0v) is 19.0. The van der Waals surface area contributed by atoms with Crippen molar-refractivity contribution in [2.75, 3.05) is 14.2 Å². The van der Waals surface area contributed by atoms with Crippen LogP contribution in [0, 0.1) is 0 Å². The number of allylic oxidation sites excluding steroid dienone is 1. The minimum absolute atomic E-state index is 0.0131. The summed E-state index contributed by atoms with van der Waals surface area (Å²) in [6, 6.07) is 5.92. The first-order valence-electron chi connectivity index (χ1n) is 10.3. The van der Waals surface area contributed by atoms with Gasteiger partial charge < -0.3 is 23.9 Å². The molecular formula is C24H26N2O7. The number of methoxy groups -OCH3 is 2. The molecule has 9 heteroatoms. The van der Waals surface area contributed by atoms with Gasteiger partial charge >= 0.3 is 12.0 Å². The molecule has 3 rings (SSSR count). The number of carbonyl (C=O) groups is 3. The molecule has 1 aliphatic rings. The number of hydrogen-bond acceptors (Lipinski definition) is 7. The van der Waals surface area contributed by atoms with E-state index >= 15 is 0 Å². The van der Waals surface area contributed by atoms with Gasteiger partial charge in [0.1, 0.15) is 11.5 Å². The number of carbonyl (C=O) groups excluding carboxylic acids is 3. The van der Waals surface area contributed by atoms with E-state index in [2.05, 4.69) is 16.6 Å². The van der Waals surface area contributed by atoms with Crippen molar-refractivity contribution in [3.63, 3.8) is 0 Å². The maximum absolute atomic E-state index is 12.9. The molecule has 0 radical (unpaired) electrons.